The molecule has 0 aromatic rings. The minimum absolute atomic E-state index is 0.540. The van der Waals surface area contributed by atoms with Gasteiger partial charge in [-0.25, -0.2) is 9.59 Å². The van der Waals surface area contributed by atoms with Crippen molar-refractivity contribution in [2.24, 2.45) is 23.1 Å². The molecule has 7 N–H and O–H groups in total. The fourth-order valence-corrected chi connectivity index (χ4v) is 1.07. The largest absolute Gasteiger partial charge is 0.389 e. The molecule has 3 atom stereocenters. The van der Waals surface area contributed by atoms with Crippen molar-refractivity contribution < 1.29 is 24.2 Å². The standard InChI is InChI=1S/C10H19N3O5/c1-4(7(15)5(2)11)10(12,13)9(17)18-8(16)6(3)14/h4-6,14H,11-13H2,1-3H3. The molecule has 0 aliphatic rings. The molecule has 3 unspecified atom stereocenters. The van der Waals surface area contributed by atoms with Crippen molar-refractivity contribution in [1.29, 1.82) is 0 Å². The molecule has 0 saturated heterocycles. The third-order valence-electron chi connectivity index (χ3n) is 2.48. The Hall–Kier alpha value is -1.35. The van der Waals surface area contributed by atoms with Crippen molar-refractivity contribution in [1.82, 2.24) is 0 Å². The zero-order chi connectivity index (χ0) is 14.7. The van der Waals surface area contributed by atoms with Crippen molar-refractivity contribution in [3.8, 4) is 0 Å². The zero-order valence-corrected chi connectivity index (χ0v) is 10.5. The molecule has 0 amide bonds. The Bertz CT molecular complexity index is 351. The highest BCUT2D eigenvalue weighted by molar-refractivity contribution is 5.97. The second-order valence-corrected chi connectivity index (χ2v) is 4.23. The van der Waals surface area contributed by atoms with Gasteiger partial charge in [0.2, 0.25) is 0 Å². The van der Waals surface area contributed by atoms with Crippen LogP contribution < -0.4 is 17.2 Å². The number of aliphatic hydroxyl groups is 1. The number of hydrogen-bond acceptors (Lipinski definition) is 8. The number of esters is 2. The van der Waals surface area contributed by atoms with Gasteiger partial charge in [-0.2, -0.15) is 0 Å². The normalized spacial score (nSPS) is 16.6. The summed E-state index contributed by atoms with van der Waals surface area (Å²) in [6, 6.07) is -0.855. The summed E-state index contributed by atoms with van der Waals surface area (Å²) in [7, 11) is 0. The van der Waals surface area contributed by atoms with E-state index < -0.39 is 41.4 Å². The van der Waals surface area contributed by atoms with Gasteiger partial charge in [-0.1, -0.05) is 6.92 Å². The van der Waals surface area contributed by atoms with Gasteiger partial charge in [0.25, 0.3) is 0 Å². The molecule has 0 radical (unpaired) electrons. The number of aliphatic hydroxyl groups excluding tert-OH is 1. The van der Waals surface area contributed by atoms with Crippen LogP contribution in [0.3, 0.4) is 0 Å². The van der Waals surface area contributed by atoms with Crippen LogP contribution in [0.25, 0.3) is 0 Å². The number of ketones is 1. The smallest absolute Gasteiger partial charge is 0.349 e. The maximum Gasteiger partial charge on any atom is 0.349 e. The van der Waals surface area contributed by atoms with E-state index in [4.69, 9.17) is 22.3 Å². The SMILES string of the molecule is CC(N)C(=O)C(C)C(N)(N)C(=O)OC(=O)C(C)O. The predicted octanol–water partition coefficient (Wildman–Crippen LogP) is -2.40. The molecule has 0 bridgehead atoms. The van der Waals surface area contributed by atoms with Gasteiger partial charge < -0.3 is 27.0 Å². The maximum absolute atomic E-state index is 11.6. The third kappa shape index (κ3) is 3.84. The van der Waals surface area contributed by atoms with E-state index in [0.29, 0.717) is 0 Å². The second-order valence-electron chi connectivity index (χ2n) is 4.23. The number of Topliss-reactive ketones (excluding diaryl/α,β-unsaturated/α-hetero) is 1. The molecule has 0 saturated carbocycles. The van der Waals surface area contributed by atoms with Crippen LogP contribution in [0.15, 0.2) is 0 Å². The molecule has 104 valence electrons. The van der Waals surface area contributed by atoms with Crippen LogP contribution >= 0.6 is 0 Å². The Morgan fingerprint density at radius 3 is 1.94 bits per heavy atom. The first kappa shape index (κ1) is 16.6. The van der Waals surface area contributed by atoms with Crippen LogP contribution in [0, 0.1) is 5.92 Å². The van der Waals surface area contributed by atoms with Gasteiger partial charge in [0, 0.05) is 0 Å². The van der Waals surface area contributed by atoms with Crippen molar-refractivity contribution >= 4 is 17.7 Å². The topological polar surface area (TPSA) is 159 Å². The lowest BCUT2D eigenvalue weighted by Crippen LogP contribution is -2.65. The molecule has 0 spiro atoms. The minimum Gasteiger partial charge on any atom is -0.389 e. The highest BCUT2D eigenvalue weighted by atomic mass is 16.6. The van der Waals surface area contributed by atoms with Gasteiger partial charge in [-0.05, 0) is 13.8 Å². The molecule has 0 heterocycles. The highest BCUT2D eigenvalue weighted by Gasteiger charge is 2.43. The van der Waals surface area contributed by atoms with E-state index in [-0.39, 0.29) is 0 Å². The molecule has 18 heavy (non-hydrogen) atoms. The van der Waals surface area contributed by atoms with E-state index >= 15 is 0 Å². The van der Waals surface area contributed by atoms with Crippen molar-refractivity contribution in [3.05, 3.63) is 0 Å². The number of carbonyl (C=O) groups excluding carboxylic acids is 3. The summed E-state index contributed by atoms with van der Waals surface area (Å²) in [4.78, 5) is 34.1. The summed E-state index contributed by atoms with van der Waals surface area (Å²) in [6.45, 7) is 3.84. The Labute approximate surface area is 104 Å². The summed E-state index contributed by atoms with van der Waals surface area (Å²) in [5, 5.41) is 8.88. The second kappa shape index (κ2) is 6.01. The van der Waals surface area contributed by atoms with Crippen molar-refractivity contribution in [2.75, 3.05) is 0 Å². The minimum atomic E-state index is -2.19. The first-order valence-corrected chi connectivity index (χ1v) is 5.33. The van der Waals surface area contributed by atoms with E-state index in [0.717, 1.165) is 6.92 Å². The number of nitrogens with two attached hydrogens (primary N) is 3. The summed E-state index contributed by atoms with van der Waals surface area (Å²) in [5.41, 5.74) is 14.1. The lowest BCUT2D eigenvalue weighted by Gasteiger charge is -2.28. The van der Waals surface area contributed by atoms with Gasteiger partial charge in [-0.3, -0.25) is 4.79 Å². The summed E-state index contributed by atoms with van der Waals surface area (Å²) in [5.74, 6) is -4.16. The fourth-order valence-electron chi connectivity index (χ4n) is 1.07. The Kier molecular flexibility index (Phi) is 5.55. The molecule has 8 heteroatoms. The van der Waals surface area contributed by atoms with E-state index in [9.17, 15) is 14.4 Å². The van der Waals surface area contributed by atoms with Crippen LogP contribution in [-0.4, -0.2) is 40.6 Å². The number of hydrogen-bond donors (Lipinski definition) is 4. The van der Waals surface area contributed by atoms with Crippen molar-refractivity contribution in [3.63, 3.8) is 0 Å². The van der Waals surface area contributed by atoms with Gasteiger partial charge in [0.05, 0.1) is 12.0 Å². The lowest BCUT2D eigenvalue weighted by molar-refractivity contribution is -0.170. The molecule has 0 aromatic heterocycles. The lowest BCUT2D eigenvalue weighted by atomic mass is 9.89. The van der Waals surface area contributed by atoms with Crippen LogP contribution in [0.5, 0.6) is 0 Å². The van der Waals surface area contributed by atoms with Gasteiger partial charge in [0.1, 0.15) is 6.10 Å². The zero-order valence-electron chi connectivity index (χ0n) is 10.5. The Morgan fingerprint density at radius 1 is 1.17 bits per heavy atom. The number of carbonyl (C=O) groups is 3. The fraction of sp³-hybridized carbons (Fsp3) is 0.700. The molecular weight excluding hydrogens is 242 g/mol. The van der Waals surface area contributed by atoms with Gasteiger partial charge in [0.15, 0.2) is 11.4 Å². The first-order valence-electron chi connectivity index (χ1n) is 5.33. The van der Waals surface area contributed by atoms with E-state index in [1.165, 1.54) is 13.8 Å². The summed E-state index contributed by atoms with van der Waals surface area (Å²) in [6.07, 6.45) is -1.50. The molecule has 0 aliphatic heterocycles. The average molecular weight is 261 g/mol. The summed E-state index contributed by atoms with van der Waals surface area (Å²) >= 11 is 0. The van der Waals surface area contributed by atoms with E-state index in [1.54, 1.807) is 0 Å². The molecule has 0 rings (SSSR count). The van der Waals surface area contributed by atoms with E-state index in [2.05, 4.69) is 4.74 Å². The van der Waals surface area contributed by atoms with Gasteiger partial charge in [-0.15, -0.1) is 0 Å². The van der Waals surface area contributed by atoms with Crippen LogP contribution in [-0.2, 0) is 19.1 Å². The highest BCUT2D eigenvalue weighted by Crippen LogP contribution is 2.13. The Balaban J connectivity index is 4.87. The van der Waals surface area contributed by atoms with Crippen LogP contribution in [0.4, 0.5) is 0 Å². The monoisotopic (exact) mass is 261 g/mol. The average Bonchev–Trinajstić information content (AvgIpc) is 2.26. The quantitative estimate of drug-likeness (QED) is 0.242. The Morgan fingerprint density at radius 2 is 1.61 bits per heavy atom. The van der Waals surface area contributed by atoms with Gasteiger partial charge >= 0.3 is 11.9 Å². The summed E-state index contributed by atoms with van der Waals surface area (Å²) < 4.78 is 4.26. The van der Waals surface area contributed by atoms with Crippen molar-refractivity contribution in [2.45, 2.75) is 38.6 Å². The first-order chi connectivity index (χ1) is 8.01. The predicted molar refractivity (Wildman–Crippen MR) is 61.7 cm³/mol. The van der Waals surface area contributed by atoms with E-state index in [1.807, 2.05) is 0 Å². The molecule has 8 nitrogen and oxygen atoms in total. The van der Waals surface area contributed by atoms with Crippen LogP contribution in [0.2, 0.25) is 0 Å². The third-order valence-corrected chi connectivity index (χ3v) is 2.48. The molecule has 0 fully saturated rings. The number of rotatable bonds is 5. The molecule has 0 aromatic carbocycles. The molecule has 0 aliphatic carbocycles. The maximum atomic E-state index is 11.6. The molecular formula is C10H19N3O5. The number of ether oxygens (including phenoxy) is 1. The van der Waals surface area contributed by atoms with Crippen LogP contribution in [0.1, 0.15) is 20.8 Å².